The summed E-state index contributed by atoms with van der Waals surface area (Å²) in [6.07, 6.45) is 3.61. The van der Waals surface area contributed by atoms with Crippen LogP contribution >= 0.6 is 11.3 Å². The SMILES string of the molecule is C[C@@H]1CCc2c(sc3nc(CN4CCOCC4)nc(NC(C)(C)C)c23)C1. The van der Waals surface area contributed by atoms with E-state index in [1.165, 1.54) is 28.7 Å². The number of aromatic nitrogens is 2. The van der Waals surface area contributed by atoms with E-state index >= 15 is 0 Å². The van der Waals surface area contributed by atoms with Gasteiger partial charge in [-0.15, -0.1) is 11.3 Å². The molecule has 6 heteroatoms. The Kier molecular flexibility index (Phi) is 4.92. The Morgan fingerprint density at radius 1 is 1.23 bits per heavy atom. The van der Waals surface area contributed by atoms with Gasteiger partial charge in [0.15, 0.2) is 0 Å². The van der Waals surface area contributed by atoms with Gasteiger partial charge in [-0.1, -0.05) is 6.92 Å². The second-order valence-corrected chi connectivity index (χ2v) is 9.87. The molecule has 0 radical (unpaired) electrons. The zero-order valence-corrected chi connectivity index (χ0v) is 17.2. The summed E-state index contributed by atoms with van der Waals surface area (Å²) in [7, 11) is 0. The van der Waals surface area contributed by atoms with E-state index in [2.05, 4.69) is 37.9 Å². The molecule has 1 saturated heterocycles. The van der Waals surface area contributed by atoms with Crippen molar-refractivity contribution in [2.45, 2.75) is 59.0 Å². The molecule has 1 aliphatic heterocycles. The van der Waals surface area contributed by atoms with Crippen LogP contribution in [0.4, 0.5) is 5.82 Å². The van der Waals surface area contributed by atoms with Crippen molar-refractivity contribution in [2.24, 2.45) is 5.92 Å². The summed E-state index contributed by atoms with van der Waals surface area (Å²) in [5, 5.41) is 4.94. The average molecular weight is 375 g/mol. The number of anilines is 1. The van der Waals surface area contributed by atoms with Crippen LogP contribution in [-0.2, 0) is 24.1 Å². The van der Waals surface area contributed by atoms with Gasteiger partial charge < -0.3 is 10.1 Å². The lowest BCUT2D eigenvalue weighted by Crippen LogP contribution is -2.36. The van der Waals surface area contributed by atoms with Gasteiger partial charge in [0.05, 0.1) is 25.1 Å². The first kappa shape index (κ1) is 18.1. The minimum atomic E-state index is -0.0195. The first-order chi connectivity index (χ1) is 12.4. The van der Waals surface area contributed by atoms with Gasteiger partial charge in [0.1, 0.15) is 16.5 Å². The van der Waals surface area contributed by atoms with Crippen molar-refractivity contribution in [3.05, 3.63) is 16.3 Å². The Labute approximate surface area is 160 Å². The minimum Gasteiger partial charge on any atom is -0.379 e. The quantitative estimate of drug-likeness (QED) is 0.884. The van der Waals surface area contributed by atoms with Crippen LogP contribution in [0.1, 0.15) is 50.4 Å². The highest BCUT2D eigenvalue weighted by molar-refractivity contribution is 7.19. The first-order valence-electron chi connectivity index (χ1n) is 9.78. The average Bonchev–Trinajstić information content (AvgIpc) is 2.91. The molecule has 0 spiro atoms. The number of ether oxygens (including phenoxy) is 1. The molecule has 1 N–H and O–H groups in total. The molecule has 0 aromatic carbocycles. The zero-order valence-electron chi connectivity index (χ0n) is 16.4. The highest BCUT2D eigenvalue weighted by Crippen LogP contribution is 2.40. The highest BCUT2D eigenvalue weighted by Gasteiger charge is 2.26. The molecule has 2 aromatic rings. The van der Waals surface area contributed by atoms with Crippen LogP contribution in [0.25, 0.3) is 10.2 Å². The fourth-order valence-corrected chi connectivity index (χ4v) is 5.26. The second-order valence-electron chi connectivity index (χ2n) is 8.78. The van der Waals surface area contributed by atoms with Gasteiger partial charge >= 0.3 is 0 Å². The number of hydrogen-bond acceptors (Lipinski definition) is 6. The Morgan fingerprint density at radius 2 is 2.00 bits per heavy atom. The van der Waals surface area contributed by atoms with E-state index < -0.39 is 0 Å². The smallest absolute Gasteiger partial charge is 0.146 e. The van der Waals surface area contributed by atoms with E-state index in [-0.39, 0.29) is 5.54 Å². The minimum absolute atomic E-state index is 0.0195. The van der Waals surface area contributed by atoms with Gasteiger partial charge in [-0.25, -0.2) is 9.97 Å². The van der Waals surface area contributed by atoms with Crippen molar-refractivity contribution in [1.82, 2.24) is 14.9 Å². The van der Waals surface area contributed by atoms with Crippen LogP contribution in [-0.4, -0.2) is 46.7 Å². The van der Waals surface area contributed by atoms with Gasteiger partial charge in [-0.05, 0) is 51.5 Å². The van der Waals surface area contributed by atoms with Crippen LogP contribution in [0.2, 0.25) is 0 Å². The summed E-state index contributed by atoms with van der Waals surface area (Å²) in [6, 6.07) is 0. The number of thiophene rings is 1. The molecular weight excluding hydrogens is 344 g/mol. The number of nitrogens with one attached hydrogen (secondary N) is 1. The van der Waals surface area contributed by atoms with Crippen molar-refractivity contribution >= 4 is 27.4 Å². The van der Waals surface area contributed by atoms with Crippen molar-refractivity contribution in [1.29, 1.82) is 0 Å². The fraction of sp³-hybridized carbons (Fsp3) is 0.700. The van der Waals surface area contributed by atoms with Crippen molar-refractivity contribution in [3.8, 4) is 0 Å². The number of fused-ring (bicyclic) bond motifs is 3. The van der Waals surface area contributed by atoms with Crippen LogP contribution < -0.4 is 5.32 Å². The van der Waals surface area contributed by atoms with Crippen molar-refractivity contribution in [2.75, 3.05) is 31.6 Å². The third-order valence-electron chi connectivity index (χ3n) is 5.16. The van der Waals surface area contributed by atoms with E-state index in [0.29, 0.717) is 0 Å². The highest BCUT2D eigenvalue weighted by atomic mass is 32.1. The maximum absolute atomic E-state index is 5.47. The molecule has 0 unspecified atom stereocenters. The summed E-state index contributed by atoms with van der Waals surface area (Å²) >= 11 is 1.89. The fourth-order valence-electron chi connectivity index (χ4n) is 3.86. The normalized spacial score (nSPS) is 21.8. The lowest BCUT2D eigenvalue weighted by molar-refractivity contribution is 0.0331. The number of aryl methyl sites for hydroxylation is 1. The predicted molar refractivity (Wildman–Crippen MR) is 108 cm³/mol. The maximum atomic E-state index is 5.47. The van der Waals surface area contributed by atoms with Crippen molar-refractivity contribution < 1.29 is 4.74 Å². The number of hydrogen-bond donors (Lipinski definition) is 1. The van der Waals surface area contributed by atoms with Crippen LogP contribution in [0.3, 0.4) is 0 Å². The third kappa shape index (κ3) is 3.87. The van der Waals surface area contributed by atoms with Gasteiger partial charge in [0.2, 0.25) is 0 Å². The Balaban J connectivity index is 1.74. The van der Waals surface area contributed by atoms with Crippen LogP contribution in [0.5, 0.6) is 0 Å². The number of rotatable bonds is 3. The molecule has 0 bridgehead atoms. The number of morpholine rings is 1. The Morgan fingerprint density at radius 3 is 2.73 bits per heavy atom. The lowest BCUT2D eigenvalue weighted by atomic mass is 9.89. The molecule has 2 aromatic heterocycles. The summed E-state index contributed by atoms with van der Waals surface area (Å²) in [5.41, 5.74) is 1.47. The molecule has 1 aliphatic carbocycles. The molecule has 5 nitrogen and oxygen atoms in total. The zero-order chi connectivity index (χ0) is 18.3. The van der Waals surface area contributed by atoms with E-state index in [9.17, 15) is 0 Å². The summed E-state index contributed by atoms with van der Waals surface area (Å²) in [6.45, 7) is 13.3. The largest absolute Gasteiger partial charge is 0.379 e. The third-order valence-corrected chi connectivity index (χ3v) is 6.31. The van der Waals surface area contributed by atoms with Crippen LogP contribution in [0, 0.1) is 5.92 Å². The molecule has 1 atom stereocenters. The molecule has 142 valence electrons. The first-order valence-corrected chi connectivity index (χ1v) is 10.6. The Hall–Kier alpha value is -1.24. The predicted octanol–water partition coefficient (Wildman–Crippen LogP) is 3.86. The summed E-state index contributed by atoms with van der Waals surface area (Å²) in [5.74, 6) is 2.73. The summed E-state index contributed by atoms with van der Waals surface area (Å²) < 4.78 is 5.47. The molecule has 0 saturated carbocycles. The van der Waals surface area contributed by atoms with Gasteiger partial charge in [-0.3, -0.25) is 4.90 Å². The lowest BCUT2D eigenvalue weighted by Gasteiger charge is -2.27. The topological polar surface area (TPSA) is 50.3 Å². The Bertz CT molecular complexity index is 789. The molecular formula is C20H30N4OS. The molecule has 26 heavy (non-hydrogen) atoms. The molecule has 3 heterocycles. The standard InChI is InChI=1S/C20H30N4OS/c1-13-5-6-14-15(11-13)26-19-17(14)18(23-20(2,3)4)21-16(22-19)12-24-7-9-25-10-8-24/h13H,5-12H2,1-4H3,(H,21,22,23)/t13-/m1/s1. The van der Waals surface area contributed by atoms with Crippen molar-refractivity contribution in [3.63, 3.8) is 0 Å². The van der Waals surface area contributed by atoms with E-state index in [1.807, 2.05) is 11.3 Å². The molecule has 0 amide bonds. The van der Waals surface area contributed by atoms with E-state index in [0.717, 1.165) is 61.7 Å². The van der Waals surface area contributed by atoms with E-state index in [4.69, 9.17) is 14.7 Å². The number of nitrogens with zero attached hydrogens (tertiary/aromatic N) is 3. The van der Waals surface area contributed by atoms with Gasteiger partial charge in [0.25, 0.3) is 0 Å². The van der Waals surface area contributed by atoms with E-state index in [1.54, 1.807) is 0 Å². The molecule has 2 aliphatic rings. The molecule has 1 fully saturated rings. The van der Waals surface area contributed by atoms with Gasteiger partial charge in [-0.2, -0.15) is 0 Å². The van der Waals surface area contributed by atoms with Gasteiger partial charge in [0, 0.05) is 23.5 Å². The van der Waals surface area contributed by atoms with Crippen LogP contribution in [0.15, 0.2) is 0 Å². The maximum Gasteiger partial charge on any atom is 0.146 e. The summed E-state index contributed by atoms with van der Waals surface area (Å²) in [4.78, 5) is 15.0. The second kappa shape index (κ2) is 7.06. The monoisotopic (exact) mass is 374 g/mol. The molecule has 4 rings (SSSR count).